The smallest absolute Gasteiger partial charge is 0.178 e. The lowest BCUT2D eigenvalue weighted by Crippen LogP contribution is -1.87. The number of pyridine rings is 3. The second-order valence-corrected chi connectivity index (χ2v) is 8.27. The summed E-state index contributed by atoms with van der Waals surface area (Å²) in [6.07, 6.45) is 3.85. The maximum atomic E-state index is 4.85. The zero-order chi connectivity index (χ0) is 21.8. The van der Waals surface area contributed by atoms with Gasteiger partial charge in [-0.15, -0.1) is 0 Å². The topological polar surface area (TPSA) is 43.1 Å². The summed E-state index contributed by atoms with van der Waals surface area (Å²) < 4.78 is 2.08. The number of hydrogen-bond donors (Lipinski definition) is 0. The molecule has 154 valence electrons. The molecule has 3 aromatic carbocycles. The van der Waals surface area contributed by atoms with Gasteiger partial charge in [-0.2, -0.15) is 0 Å². The van der Waals surface area contributed by atoms with Gasteiger partial charge in [0.2, 0.25) is 0 Å². The van der Waals surface area contributed by atoms with E-state index in [1.807, 2.05) is 24.3 Å². The average molecular weight is 422 g/mol. The summed E-state index contributed by atoms with van der Waals surface area (Å²) in [5.74, 6) is 0. The van der Waals surface area contributed by atoms with E-state index in [1.54, 1.807) is 6.20 Å². The normalized spacial score (nSPS) is 11.6. The van der Waals surface area contributed by atoms with Crippen molar-refractivity contribution in [2.75, 3.05) is 0 Å². The Morgan fingerprint density at radius 2 is 1.36 bits per heavy atom. The molecule has 4 nitrogen and oxygen atoms in total. The molecule has 4 aromatic heterocycles. The Morgan fingerprint density at radius 1 is 0.576 bits per heavy atom. The van der Waals surface area contributed by atoms with Crippen molar-refractivity contribution < 1.29 is 0 Å². The lowest BCUT2D eigenvalue weighted by molar-refractivity contribution is 1.23. The number of aromatic nitrogens is 4. The second-order valence-electron chi connectivity index (χ2n) is 8.27. The van der Waals surface area contributed by atoms with Crippen molar-refractivity contribution in [2.45, 2.75) is 0 Å². The van der Waals surface area contributed by atoms with Gasteiger partial charge in [-0.25, -0.2) is 15.0 Å². The molecular weight excluding hydrogens is 404 g/mol. The molecule has 0 atom stereocenters. The highest BCUT2D eigenvalue weighted by Gasteiger charge is 2.08. The number of nitrogens with zero attached hydrogens (tertiary/aromatic N) is 4. The van der Waals surface area contributed by atoms with Crippen LogP contribution >= 0.6 is 0 Å². The van der Waals surface area contributed by atoms with E-state index in [1.165, 1.54) is 16.3 Å². The molecule has 0 unspecified atom stereocenters. The quantitative estimate of drug-likeness (QED) is 0.304. The van der Waals surface area contributed by atoms with Crippen molar-refractivity contribution in [3.8, 4) is 22.4 Å². The molecule has 0 radical (unpaired) electrons. The van der Waals surface area contributed by atoms with Crippen LogP contribution in [-0.4, -0.2) is 19.4 Å². The van der Waals surface area contributed by atoms with Crippen molar-refractivity contribution in [1.82, 2.24) is 19.4 Å². The Bertz CT molecular complexity index is 1830. The molecule has 0 N–H and O–H groups in total. The third-order valence-electron chi connectivity index (χ3n) is 6.25. The summed E-state index contributed by atoms with van der Waals surface area (Å²) in [6.45, 7) is 0. The molecule has 0 fully saturated rings. The minimum atomic E-state index is 0.767. The van der Waals surface area contributed by atoms with Gasteiger partial charge >= 0.3 is 0 Å². The van der Waals surface area contributed by atoms with E-state index in [0.717, 1.165) is 44.5 Å². The average Bonchev–Trinajstić information content (AvgIpc) is 3.25. The predicted molar refractivity (Wildman–Crippen MR) is 134 cm³/mol. The van der Waals surface area contributed by atoms with Crippen LogP contribution in [0, 0.1) is 0 Å². The van der Waals surface area contributed by atoms with Gasteiger partial charge in [-0.05, 0) is 70.4 Å². The van der Waals surface area contributed by atoms with Crippen LogP contribution in [0.3, 0.4) is 0 Å². The van der Waals surface area contributed by atoms with Crippen LogP contribution in [-0.2, 0) is 0 Å². The predicted octanol–water partition coefficient (Wildman–Crippen LogP) is 6.92. The summed E-state index contributed by atoms with van der Waals surface area (Å²) in [5, 5.41) is 3.56. The van der Waals surface area contributed by atoms with Crippen LogP contribution in [0.25, 0.3) is 60.9 Å². The molecule has 0 aliphatic heterocycles. The fourth-order valence-electron chi connectivity index (χ4n) is 4.54. The highest BCUT2D eigenvalue weighted by molar-refractivity contribution is 5.91. The fourth-order valence-corrected chi connectivity index (χ4v) is 4.54. The van der Waals surface area contributed by atoms with Gasteiger partial charge in [0, 0.05) is 23.3 Å². The Labute approximate surface area is 189 Å². The van der Waals surface area contributed by atoms with E-state index in [0.29, 0.717) is 0 Å². The molecule has 7 aromatic rings. The zero-order valence-electron chi connectivity index (χ0n) is 17.7. The van der Waals surface area contributed by atoms with E-state index >= 15 is 0 Å². The SMILES string of the molecule is c1ccc2nc(-c3ccc4cc(-c5ccn6c(c5)nc5ncccc56)ccc4c3)ccc2c1. The zero-order valence-corrected chi connectivity index (χ0v) is 17.7. The van der Waals surface area contributed by atoms with Gasteiger partial charge in [-0.3, -0.25) is 4.40 Å². The fraction of sp³-hybridized carbons (Fsp3) is 0. The largest absolute Gasteiger partial charge is 0.298 e. The Morgan fingerprint density at radius 3 is 2.30 bits per heavy atom. The molecule has 4 heterocycles. The molecule has 0 bridgehead atoms. The number of hydrogen-bond acceptors (Lipinski definition) is 3. The van der Waals surface area contributed by atoms with Crippen molar-refractivity contribution in [3.63, 3.8) is 0 Å². The number of benzene rings is 3. The van der Waals surface area contributed by atoms with Gasteiger partial charge in [0.15, 0.2) is 5.65 Å². The minimum absolute atomic E-state index is 0.767. The van der Waals surface area contributed by atoms with Crippen molar-refractivity contribution >= 4 is 38.5 Å². The molecule has 0 aliphatic carbocycles. The van der Waals surface area contributed by atoms with Gasteiger partial charge in [-0.1, -0.05) is 48.5 Å². The van der Waals surface area contributed by atoms with E-state index in [4.69, 9.17) is 4.98 Å². The van der Waals surface area contributed by atoms with Gasteiger partial charge in [0.1, 0.15) is 5.65 Å². The Hall–Kier alpha value is -4.57. The van der Waals surface area contributed by atoms with Crippen LogP contribution in [0.2, 0.25) is 0 Å². The van der Waals surface area contributed by atoms with E-state index < -0.39 is 0 Å². The number of para-hydroxylation sites is 1. The third-order valence-corrected chi connectivity index (χ3v) is 6.25. The maximum absolute atomic E-state index is 4.85. The number of fused-ring (bicyclic) bond motifs is 5. The molecule has 0 spiro atoms. The summed E-state index contributed by atoms with van der Waals surface area (Å²) in [4.78, 5) is 13.9. The van der Waals surface area contributed by atoms with E-state index in [-0.39, 0.29) is 0 Å². The Balaban J connectivity index is 1.29. The van der Waals surface area contributed by atoms with Crippen LogP contribution < -0.4 is 0 Å². The minimum Gasteiger partial charge on any atom is -0.298 e. The summed E-state index contributed by atoms with van der Waals surface area (Å²) in [5.41, 5.74) is 8.13. The third kappa shape index (κ3) is 2.96. The van der Waals surface area contributed by atoms with Gasteiger partial charge in [0.25, 0.3) is 0 Å². The van der Waals surface area contributed by atoms with Crippen LogP contribution in [0.1, 0.15) is 0 Å². The molecule has 0 aliphatic rings. The molecule has 7 rings (SSSR count). The van der Waals surface area contributed by atoms with Crippen LogP contribution in [0.5, 0.6) is 0 Å². The van der Waals surface area contributed by atoms with Gasteiger partial charge in [0.05, 0.1) is 16.7 Å². The first kappa shape index (κ1) is 18.0. The van der Waals surface area contributed by atoms with Crippen LogP contribution in [0.15, 0.2) is 109 Å². The van der Waals surface area contributed by atoms with Crippen molar-refractivity contribution in [3.05, 3.63) is 109 Å². The summed E-state index contributed by atoms with van der Waals surface area (Å²) in [6, 6.07) is 33.8. The highest BCUT2D eigenvalue weighted by Crippen LogP contribution is 2.29. The first-order chi connectivity index (χ1) is 16.3. The van der Waals surface area contributed by atoms with E-state index in [9.17, 15) is 0 Å². The highest BCUT2D eigenvalue weighted by atomic mass is 15.0. The van der Waals surface area contributed by atoms with E-state index in [2.05, 4.69) is 93.4 Å². The van der Waals surface area contributed by atoms with Gasteiger partial charge < -0.3 is 0 Å². The number of imidazole rings is 1. The molecular formula is C29H18N4. The van der Waals surface area contributed by atoms with Crippen molar-refractivity contribution in [1.29, 1.82) is 0 Å². The van der Waals surface area contributed by atoms with Crippen molar-refractivity contribution in [2.24, 2.45) is 0 Å². The molecule has 0 saturated carbocycles. The molecule has 0 amide bonds. The molecule has 0 saturated heterocycles. The first-order valence-corrected chi connectivity index (χ1v) is 11.0. The standard InChI is InChI=1S/C29H18N4/c1-2-5-25-19(4-1)11-12-26(31-25)24-10-9-20-16-21(7-8-22(20)17-24)23-13-15-33-27-6-3-14-30-29(27)32-28(33)18-23/h1-18H. The number of rotatable bonds is 2. The summed E-state index contributed by atoms with van der Waals surface area (Å²) in [7, 11) is 0. The molecule has 33 heavy (non-hydrogen) atoms. The lowest BCUT2D eigenvalue weighted by atomic mass is 9.99. The Kier molecular flexibility index (Phi) is 3.81. The monoisotopic (exact) mass is 422 g/mol. The second kappa shape index (κ2) is 6.97. The molecule has 4 heteroatoms. The summed E-state index contributed by atoms with van der Waals surface area (Å²) >= 11 is 0. The first-order valence-electron chi connectivity index (χ1n) is 11.0. The van der Waals surface area contributed by atoms with Crippen LogP contribution in [0.4, 0.5) is 0 Å². The maximum Gasteiger partial charge on any atom is 0.178 e. The lowest BCUT2D eigenvalue weighted by Gasteiger charge is -2.08.